The highest BCUT2D eigenvalue weighted by Gasteiger charge is 2.45. The molecule has 6 heteroatoms. The zero-order valence-electron chi connectivity index (χ0n) is 11.6. The Bertz CT molecular complexity index is 672. The Kier molecular flexibility index (Phi) is 3.94. The number of nitrogens with one attached hydrogen (secondary N) is 1. The lowest BCUT2D eigenvalue weighted by atomic mass is 10.1. The fourth-order valence-electron chi connectivity index (χ4n) is 2.61. The molecule has 3 unspecified atom stereocenters. The smallest absolute Gasteiger partial charge is 0.224 e. The number of amides is 1. The molecule has 1 saturated carbocycles. The van der Waals surface area contributed by atoms with Crippen molar-refractivity contribution in [2.75, 3.05) is 6.61 Å². The molecule has 2 N–H and O–H groups in total. The van der Waals surface area contributed by atoms with E-state index in [4.69, 9.17) is 4.42 Å². The summed E-state index contributed by atoms with van der Waals surface area (Å²) in [5, 5.41) is 12.0. The summed E-state index contributed by atoms with van der Waals surface area (Å²) >= 11 is 0. The summed E-state index contributed by atoms with van der Waals surface area (Å²) < 4.78 is 31.8. The van der Waals surface area contributed by atoms with Crippen molar-refractivity contribution in [1.29, 1.82) is 0 Å². The van der Waals surface area contributed by atoms with Crippen LogP contribution >= 0.6 is 0 Å². The highest BCUT2D eigenvalue weighted by atomic mass is 19.1. The van der Waals surface area contributed by atoms with Gasteiger partial charge in [0.2, 0.25) is 5.91 Å². The van der Waals surface area contributed by atoms with Crippen LogP contribution in [-0.4, -0.2) is 17.6 Å². The zero-order chi connectivity index (χ0) is 15.7. The lowest BCUT2D eigenvalue weighted by Gasteiger charge is -2.14. The van der Waals surface area contributed by atoms with E-state index in [9.17, 15) is 18.7 Å². The van der Waals surface area contributed by atoms with Gasteiger partial charge in [0, 0.05) is 12.0 Å². The van der Waals surface area contributed by atoms with E-state index in [1.807, 2.05) is 0 Å². The third-order valence-electron chi connectivity index (χ3n) is 3.87. The first-order valence-corrected chi connectivity index (χ1v) is 6.99. The van der Waals surface area contributed by atoms with Crippen LogP contribution in [0, 0.1) is 17.6 Å². The quantitative estimate of drug-likeness (QED) is 0.892. The number of halogens is 2. The highest BCUT2D eigenvalue weighted by Crippen LogP contribution is 2.48. The molecule has 1 aromatic carbocycles. The maximum absolute atomic E-state index is 13.7. The van der Waals surface area contributed by atoms with Gasteiger partial charge in [-0.2, -0.15) is 0 Å². The average molecular weight is 307 g/mol. The van der Waals surface area contributed by atoms with Gasteiger partial charge in [0.25, 0.3) is 0 Å². The monoisotopic (exact) mass is 307 g/mol. The van der Waals surface area contributed by atoms with Crippen molar-refractivity contribution < 1.29 is 23.1 Å². The molecule has 0 saturated heterocycles. The zero-order valence-corrected chi connectivity index (χ0v) is 11.6. The predicted molar refractivity (Wildman–Crippen MR) is 73.9 cm³/mol. The number of hydrogen-bond donors (Lipinski definition) is 2. The molecule has 0 spiro atoms. The fourth-order valence-corrected chi connectivity index (χ4v) is 2.61. The van der Waals surface area contributed by atoms with E-state index >= 15 is 0 Å². The van der Waals surface area contributed by atoms with Gasteiger partial charge >= 0.3 is 0 Å². The Balaban J connectivity index is 1.65. The van der Waals surface area contributed by atoms with Crippen LogP contribution in [0.5, 0.6) is 0 Å². The fraction of sp³-hybridized carbons (Fsp3) is 0.312. The Morgan fingerprint density at radius 2 is 2.23 bits per heavy atom. The van der Waals surface area contributed by atoms with Crippen molar-refractivity contribution >= 4 is 5.91 Å². The number of rotatable bonds is 5. The van der Waals surface area contributed by atoms with Gasteiger partial charge in [0.1, 0.15) is 23.4 Å². The van der Waals surface area contributed by atoms with Crippen LogP contribution in [0.15, 0.2) is 41.0 Å². The normalized spacial score (nSPS) is 21.4. The lowest BCUT2D eigenvalue weighted by molar-refractivity contribution is -0.123. The third kappa shape index (κ3) is 2.87. The summed E-state index contributed by atoms with van der Waals surface area (Å²) in [7, 11) is 0. The van der Waals surface area contributed by atoms with Crippen LogP contribution in [0.25, 0.3) is 0 Å². The number of benzene rings is 1. The SMILES string of the molecule is O=C(NC(CO)c1ccco1)C1CC1c1ccc(F)cc1F. The molecule has 116 valence electrons. The minimum Gasteiger partial charge on any atom is -0.467 e. The van der Waals surface area contributed by atoms with Gasteiger partial charge in [-0.25, -0.2) is 8.78 Å². The summed E-state index contributed by atoms with van der Waals surface area (Å²) in [5.41, 5.74) is 0.347. The van der Waals surface area contributed by atoms with Crippen LogP contribution < -0.4 is 5.32 Å². The molecule has 1 fully saturated rings. The molecular formula is C16H15F2NO3. The van der Waals surface area contributed by atoms with Gasteiger partial charge < -0.3 is 14.8 Å². The number of aliphatic hydroxyl groups is 1. The third-order valence-corrected chi connectivity index (χ3v) is 3.87. The molecule has 1 aliphatic rings. The van der Waals surface area contributed by atoms with Crippen LogP contribution in [0.1, 0.15) is 29.7 Å². The average Bonchev–Trinajstić information content (AvgIpc) is 3.09. The Morgan fingerprint density at radius 1 is 1.41 bits per heavy atom. The highest BCUT2D eigenvalue weighted by molar-refractivity contribution is 5.83. The first-order valence-electron chi connectivity index (χ1n) is 6.99. The van der Waals surface area contributed by atoms with Crippen molar-refractivity contribution in [2.24, 2.45) is 5.92 Å². The molecule has 1 aromatic heterocycles. The second-order valence-electron chi connectivity index (χ2n) is 5.37. The Labute approximate surface area is 125 Å². The molecule has 1 heterocycles. The van der Waals surface area contributed by atoms with Gasteiger partial charge in [0.15, 0.2) is 0 Å². The molecule has 3 rings (SSSR count). The number of furan rings is 1. The molecule has 3 atom stereocenters. The largest absolute Gasteiger partial charge is 0.467 e. The summed E-state index contributed by atoms with van der Waals surface area (Å²) in [6, 6.07) is 6.08. The summed E-state index contributed by atoms with van der Waals surface area (Å²) in [6.45, 7) is -0.290. The minimum absolute atomic E-state index is 0.253. The molecule has 4 nitrogen and oxygen atoms in total. The second-order valence-corrected chi connectivity index (χ2v) is 5.37. The molecule has 0 bridgehead atoms. The first kappa shape index (κ1) is 14.7. The molecular weight excluding hydrogens is 292 g/mol. The van der Waals surface area contributed by atoms with Gasteiger partial charge in [-0.1, -0.05) is 6.07 Å². The van der Waals surface area contributed by atoms with Crippen molar-refractivity contribution in [3.63, 3.8) is 0 Å². The first-order chi connectivity index (χ1) is 10.6. The number of hydrogen-bond acceptors (Lipinski definition) is 3. The lowest BCUT2D eigenvalue weighted by Crippen LogP contribution is -2.32. The Morgan fingerprint density at radius 3 is 2.86 bits per heavy atom. The number of carbonyl (C=O) groups is 1. The number of aliphatic hydroxyl groups excluding tert-OH is 1. The summed E-state index contributed by atoms with van der Waals surface area (Å²) in [4.78, 5) is 12.2. The van der Waals surface area contributed by atoms with Crippen LogP contribution in [0.3, 0.4) is 0 Å². The maximum Gasteiger partial charge on any atom is 0.224 e. The molecule has 0 radical (unpaired) electrons. The van der Waals surface area contributed by atoms with E-state index in [1.54, 1.807) is 12.1 Å². The van der Waals surface area contributed by atoms with E-state index in [-0.39, 0.29) is 24.3 Å². The van der Waals surface area contributed by atoms with Gasteiger partial charge in [0.05, 0.1) is 12.9 Å². The maximum atomic E-state index is 13.7. The van der Waals surface area contributed by atoms with E-state index in [1.165, 1.54) is 18.4 Å². The van der Waals surface area contributed by atoms with Crippen molar-refractivity contribution in [1.82, 2.24) is 5.32 Å². The van der Waals surface area contributed by atoms with Gasteiger partial charge in [-0.15, -0.1) is 0 Å². The van der Waals surface area contributed by atoms with E-state index in [0.29, 0.717) is 17.7 Å². The molecule has 0 aliphatic heterocycles. The van der Waals surface area contributed by atoms with Crippen molar-refractivity contribution in [2.45, 2.75) is 18.4 Å². The van der Waals surface area contributed by atoms with Crippen molar-refractivity contribution in [3.05, 3.63) is 59.6 Å². The summed E-state index contributed by atoms with van der Waals surface area (Å²) in [6.07, 6.45) is 1.96. The van der Waals surface area contributed by atoms with Crippen molar-refractivity contribution in [3.8, 4) is 0 Å². The molecule has 2 aromatic rings. The van der Waals surface area contributed by atoms with Gasteiger partial charge in [-0.3, -0.25) is 4.79 Å². The van der Waals surface area contributed by atoms with E-state index in [0.717, 1.165) is 6.07 Å². The summed E-state index contributed by atoms with van der Waals surface area (Å²) in [5.74, 6) is -1.71. The predicted octanol–water partition coefficient (Wildman–Crippen LogP) is 2.51. The molecule has 22 heavy (non-hydrogen) atoms. The van der Waals surface area contributed by atoms with E-state index in [2.05, 4.69) is 5.32 Å². The van der Waals surface area contributed by atoms with Crippen LogP contribution in [0.2, 0.25) is 0 Å². The van der Waals surface area contributed by atoms with Crippen LogP contribution in [-0.2, 0) is 4.79 Å². The molecule has 1 amide bonds. The van der Waals surface area contributed by atoms with E-state index < -0.39 is 17.7 Å². The number of carbonyl (C=O) groups excluding carboxylic acids is 1. The Hall–Kier alpha value is -2.21. The standard InChI is InChI=1S/C16H15F2NO3/c17-9-3-4-10(13(18)6-9)11-7-12(11)16(21)19-14(8-20)15-2-1-5-22-15/h1-6,11-12,14,20H,7-8H2,(H,19,21). The topological polar surface area (TPSA) is 62.5 Å². The second kappa shape index (κ2) is 5.88. The minimum atomic E-state index is -0.638. The van der Waals surface area contributed by atoms with Gasteiger partial charge in [-0.05, 0) is 36.1 Å². The van der Waals surface area contributed by atoms with Crippen LogP contribution in [0.4, 0.5) is 8.78 Å². The molecule has 1 aliphatic carbocycles.